The van der Waals surface area contributed by atoms with Crippen LogP contribution in [0.4, 0.5) is 5.13 Å². The Morgan fingerprint density at radius 3 is 2.92 bits per heavy atom. The van der Waals surface area contributed by atoms with Crippen molar-refractivity contribution in [1.82, 2.24) is 9.97 Å². The number of benzene rings is 2. The number of anilines is 1. The number of amides is 1. The highest BCUT2D eigenvalue weighted by Crippen LogP contribution is 2.25. The highest BCUT2D eigenvalue weighted by atomic mass is 32.1. The van der Waals surface area contributed by atoms with Crippen LogP contribution in [0.5, 0.6) is 0 Å². The van der Waals surface area contributed by atoms with Gasteiger partial charge in [0.05, 0.1) is 15.8 Å². The van der Waals surface area contributed by atoms with Crippen molar-refractivity contribution in [3.05, 3.63) is 54.4 Å². The Morgan fingerprint density at radius 2 is 2.04 bits per heavy atom. The first kappa shape index (κ1) is 15.3. The van der Waals surface area contributed by atoms with Crippen molar-refractivity contribution in [2.45, 2.75) is 0 Å². The fraction of sp³-hybridized carbons (Fsp3) is 0.0588. The van der Waals surface area contributed by atoms with E-state index in [-0.39, 0.29) is 0 Å². The fourth-order valence-corrected chi connectivity index (χ4v) is 3.16. The average Bonchev–Trinajstić information content (AvgIpc) is 3.24. The van der Waals surface area contributed by atoms with Crippen LogP contribution in [-0.2, 0) is 9.53 Å². The van der Waals surface area contributed by atoms with Gasteiger partial charge in [-0.25, -0.2) is 14.8 Å². The first-order chi connectivity index (χ1) is 12.2. The molecular formula is C17H11N3O4S. The van der Waals surface area contributed by atoms with Crippen LogP contribution in [-0.4, -0.2) is 28.5 Å². The van der Waals surface area contributed by atoms with Crippen molar-refractivity contribution in [2.75, 3.05) is 11.9 Å². The normalized spacial score (nSPS) is 10.9. The number of hydrogen-bond donors (Lipinski definition) is 1. The Morgan fingerprint density at radius 1 is 1.16 bits per heavy atom. The quantitative estimate of drug-likeness (QED) is 0.566. The van der Waals surface area contributed by atoms with Gasteiger partial charge in [0.1, 0.15) is 5.52 Å². The van der Waals surface area contributed by atoms with Crippen LogP contribution in [0.3, 0.4) is 0 Å². The lowest BCUT2D eigenvalue weighted by molar-refractivity contribution is -0.119. The molecule has 0 saturated heterocycles. The predicted molar refractivity (Wildman–Crippen MR) is 92.5 cm³/mol. The molecular weight excluding hydrogens is 342 g/mol. The molecule has 0 unspecified atom stereocenters. The molecule has 0 radical (unpaired) electrons. The molecule has 25 heavy (non-hydrogen) atoms. The molecule has 2 aromatic heterocycles. The zero-order valence-corrected chi connectivity index (χ0v) is 13.6. The maximum absolute atomic E-state index is 12.0. The Kier molecular flexibility index (Phi) is 3.87. The Balaban J connectivity index is 1.38. The average molecular weight is 353 g/mol. The summed E-state index contributed by atoms with van der Waals surface area (Å²) < 4.78 is 11.1. The topological polar surface area (TPSA) is 94.3 Å². The summed E-state index contributed by atoms with van der Waals surface area (Å²) in [5, 5.41) is 3.09. The van der Waals surface area contributed by atoms with E-state index in [2.05, 4.69) is 15.3 Å². The third-order valence-electron chi connectivity index (χ3n) is 3.44. The molecule has 2 heterocycles. The second kappa shape index (κ2) is 6.33. The van der Waals surface area contributed by atoms with E-state index in [1.807, 2.05) is 24.3 Å². The van der Waals surface area contributed by atoms with E-state index in [4.69, 9.17) is 9.15 Å². The number of thiazole rings is 1. The summed E-state index contributed by atoms with van der Waals surface area (Å²) in [5.41, 5.74) is 2.23. The number of oxazole rings is 1. The van der Waals surface area contributed by atoms with Crippen molar-refractivity contribution in [1.29, 1.82) is 0 Å². The number of carbonyl (C=O) groups excluding carboxylic acids is 2. The first-order valence-corrected chi connectivity index (χ1v) is 8.16. The van der Waals surface area contributed by atoms with Gasteiger partial charge in [0.15, 0.2) is 23.7 Å². The lowest BCUT2D eigenvalue weighted by Gasteiger charge is -2.04. The van der Waals surface area contributed by atoms with Gasteiger partial charge in [0.25, 0.3) is 5.91 Å². The largest absolute Gasteiger partial charge is 0.452 e. The third-order valence-corrected chi connectivity index (χ3v) is 4.39. The number of aromatic nitrogens is 2. The number of ether oxygens (including phenoxy) is 1. The van der Waals surface area contributed by atoms with E-state index in [1.165, 1.54) is 17.7 Å². The zero-order chi connectivity index (χ0) is 17.2. The second-order valence-corrected chi connectivity index (χ2v) is 6.18. The molecule has 0 saturated carbocycles. The first-order valence-electron chi connectivity index (χ1n) is 7.35. The summed E-state index contributed by atoms with van der Waals surface area (Å²) in [6.45, 7) is -0.397. The molecule has 8 heteroatoms. The monoisotopic (exact) mass is 353 g/mol. The molecule has 4 aromatic rings. The van der Waals surface area contributed by atoms with E-state index in [0.29, 0.717) is 21.8 Å². The molecule has 1 N–H and O–H groups in total. The van der Waals surface area contributed by atoms with Crippen LogP contribution < -0.4 is 5.32 Å². The van der Waals surface area contributed by atoms with E-state index in [1.54, 1.807) is 18.2 Å². The zero-order valence-electron chi connectivity index (χ0n) is 12.8. The van der Waals surface area contributed by atoms with Crippen molar-refractivity contribution >= 4 is 49.7 Å². The Hall–Kier alpha value is -3.26. The number of fused-ring (bicyclic) bond motifs is 2. The van der Waals surface area contributed by atoms with Gasteiger partial charge in [-0.15, -0.1) is 0 Å². The minimum atomic E-state index is -0.607. The van der Waals surface area contributed by atoms with Gasteiger partial charge in [0, 0.05) is 0 Å². The van der Waals surface area contributed by atoms with Crippen LogP contribution in [0.2, 0.25) is 0 Å². The van der Waals surface area contributed by atoms with E-state index < -0.39 is 18.5 Å². The minimum Gasteiger partial charge on any atom is -0.452 e. The van der Waals surface area contributed by atoms with Crippen molar-refractivity contribution < 1.29 is 18.7 Å². The van der Waals surface area contributed by atoms with Crippen molar-refractivity contribution in [2.24, 2.45) is 0 Å². The lowest BCUT2D eigenvalue weighted by Crippen LogP contribution is -2.20. The molecule has 1 amide bonds. The van der Waals surface area contributed by atoms with Gasteiger partial charge >= 0.3 is 5.97 Å². The number of nitrogens with zero attached hydrogens (tertiary/aromatic N) is 2. The van der Waals surface area contributed by atoms with Gasteiger partial charge in [-0.3, -0.25) is 10.1 Å². The van der Waals surface area contributed by atoms with E-state index in [0.717, 1.165) is 10.2 Å². The summed E-state index contributed by atoms with van der Waals surface area (Å²) >= 11 is 1.36. The maximum atomic E-state index is 12.0. The SMILES string of the molecule is O=C(COC(=O)c1ccc2ocnc2c1)Nc1nc2ccccc2s1. The summed E-state index contributed by atoms with van der Waals surface area (Å²) in [5.74, 6) is -1.06. The molecule has 124 valence electrons. The van der Waals surface area contributed by atoms with Gasteiger partial charge in [0.2, 0.25) is 0 Å². The van der Waals surface area contributed by atoms with Crippen molar-refractivity contribution in [3.63, 3.8) is 0 Å². The number of esters is 1. The van der Waals surface area contributed by atoms with Gasteiger partial charge in [-0.05, 0) is 30.3 Å². The summed E-state index contributed by atoms with van der Waals surface area (Å²) in [7, 11) is 0. The molecule has 0 aliphatic carbocycles. The third kappa shape index (κ3) is 3.20. The second-order valence-electron chi connectivity index (χ2n) is 5.15. The van der Waals surface area contributed by atoms with Crippen molar-refractivity contribution in [3.8, 4) is 0 Å². The molecule has 0 spiro atoms. The molecule has 0 fully saturated rings. The highest BCUT2D eigenvalue weighted by molar-refractivity contribution is 7.22. The molecule has 0 bridgehead atoms. The smallest absolute Gasteiger partial charge is 0.338 e. The summed E-state index contributed by atoms with van der Waals surface area (Å²) in [4.78, 5) is 32.2. The summed E-state index contributed by atoms with van der Waals surface area (Å²) in [6, 6.07) is 12.3. The number of hydrogen-bond acceptors (Lipinski definition) is 7. The molecule has 4 rings (SSSR count). The van der Waals surface area contributed by atoms with E-state index >= 15 is 0 Å². The molecule has 0 aliphatic rings. The van der Waals surface area contributed by atoms with Crippen LogP contribution in [0, 0.1) is 0 Å². The van der Waals surface area contributed by atoms with Crippen LogP contribution in [0.25, 0.3) is 21.3 Å². The summed E-state index contributed by atoms with van der Waals surface area (Å²) in [6.07, 6.45) is 1.30. The van der Waals surface area contributed by atoms with Gasteiger partial charge < -0.3 is 9.15 Å². The molecule has 0 atom stereocenters. The van der Waals surface area contributed by atoms with Gasteiger partial charge in [-0.1, -0.05) is 23.5 Å². The Bertz CT molecular complexity index is 1050. The van der Waals surface area contributed by atoms with E-state index in [9.17, 15) is 9.59 Å². The number of carbonyl (C=O) groups is 2. The number of nitrogens with one attached hydrogen (secondary N) is 1. The standard InChI is InChI=1S/C17H11N3O4S/c21-15(20-17-19-11-3-1-2-4-14(11)25-17)8-23-16(22)10-5-6-13-12(7-10)18-9-24-13/h1-7,9H,8H2,(H,19,20,21). The molecule has 7 nitrogen and oxygen atoms in total. The minimum absolute atomic E-state index is 0.300. The van der Waals surface area contributed by atoms with Crippen LogP contribution in [0.1, 0.15) is 10.4 Å². The van der Waals surface area contributed by atoms with Gasteiger partial charge in [-0.2, -0.15) is 0 Å². The Labute approximate surface area is 145 Å². The number of para-hydroxylation sites is 1. The molecule has 2 aromatic carbocycles. The van der Waals surface area contributed by atoms with Crippen LogP contribution >= 0.6 is 11.3 Å². The number of rotatable bonds is 4. The van der Waals surface area contributed by atoms with Crippen LogP contribution in [0.15, 0.2) is 53.3 Å². The maximum Gasteiger partial charge on any atom is 0.338 e. The fourth-order valence-electron chi connectivity index (χ4n) is 2.28. The molecule has 0 aliphatic heterocycles. The predicted octanol–water partition coefficient (Wildman–Crippen LogP) is 3.23. The highest BCUT2D eigenvalue weighted by Gasteiger charge is 2.13. The lowest BCUT2D eigenvalue weighted by atomic mass is 10.2.